The molecule has 3 aromatic carbocycles. The molecule has 176 valence electrons. The van der Waals surface area contributed by atoms with Crippen LogP contribution in [0.1, 0.15) is 26.3 Å². The van der Waals surface area contributed by atoms with E-state index >= 15 is 0 Å². The molecular formula is C27H35NO4Si. The highest BCUT2D eigenvalue weighted by Crippen LogP contribution is 2.26. The van der Waals surface area contributed by atoms with Crippen LogP contribution in [0.3, 0.4) is 0 Å². The maximum absolute atomic E-state index is 13.0. The molecule has 5 nitrogen and oxygen atoms in total. The Hall–Kier alpha value is -2.86. The molecule has 3 rings (SSSR count). The van der Waals surface area contributed by atoms with Gasteiger partial charge in [0.1, 0.15) is 13.2 Å². The normalized spacial score (nSPS) is 12.1. The van der Waals surface area contributed by atoms with E-state index in [-0.39, 0.29) is 13.2 Å². The first-order valence-electron chi connectivity index (χ1n) is 11.4. The van der Waals surface area contributed by atoms with Gasteiger partial charge >= 0.3 is 12.1 Å². The minimum Gasteiger partial charge on any atom is -0.465 e. The van der Waals surface area contributed by atoms with Crippen molar-refractivity contribution < 1.29 is 19.1 Å². The van der Waals surface area contributed by atoms with Crippen LogP contribution in [-0.4, -0.2) is 43.7 Å². The third-order valence-corrected chi connectivity index (χ3v) is 7.32. The number of hydrogen-bond acceptors (Lipinski definition) is 4. The van der Waals surface area contributed by atoms with E-state index in [1.807, 2.05) is 45.0 Å². The molecule has 3 aromatic rings. The number of rotatable bonds is 7. The predicted molar refractivity (Wildman–Crippen MR) is 137 cm³/mol. The maximum atomic E-state index is 13.0. The summed E-state index contributed by atoms with van der Waals surface area (Å²) in [6.07, 6.45) is -0.526. The second-order valence-electron chi connectivity index (χ2n) is 10.7. The Morgan fingerprint density at radius 1 is 0.879 bits per heavy atom. The lowest BCUT2D eigenvalue weighted by Crippen LogP contribution is -2.48. The molecule has 0 radical (unpaired) electrons. The number of carbonyl (C=O) groups is 2. The van der Waals surface area contributed by atoms with Gasteiger partial charge in [0.2, 0.25) is 0 Å². The topological polar surface area (TPSA) is 55.8 Å². The summed E-state index contributed by atoms with van der Waals surface area (Å²) in [7, 11) is -1.29. The molecule has 0 aliphatic rings. The molecule has 0 spiro atoms. The number of hydrogen-bond donors (Lipinski definition) is 0. The molecule has 0 aliphatic heterocycles. The first-order valence-corrected chi connectivity index (χ1v) is 15.2. The van der Waals surface area contributed by atoms with Crippen LogP contribution in [0.25, 0.3) is 21.5 Å². The zero-order valence-electron chi connectivity index (χ0n) is 20.6. The van der Waals surface area contributed by atoms with Crippen molar-refractivity contribution in [2.75, 3.05) is 13.2 Å². The summed E-state index contributed by atoms with van der Waals surface area (Å²) in [5, 5.41) is 4.46. The van der Waals surface area contributed by atoms with Gasteiger partial charge in [-0.15, -0.1) is 0 Å². The Morgan fingerprint density at radius 3 is 2.15 bits per heavy atom. The van der Waals surface area contributed by atoms with Crippen LogP contribution in [0.15, 0.2) is 54.6 Å². The zero-order chi connectivity index (χ0) is 24.2. The minimum absolute atomic E-state index is 0.131. The number of carbonyl (C=O) groups excluding carboxylic acids is 2. The molecule has 0 saturated carbocycles. The summed E-state index contributed by atoms with van der Waals surface area (Å²) < 4.78 is 11.1. The highest BCUT2D eigenvalue weighted by atomic mass is 28.3. The van der Waals surface area contributed by atoms with E-state index in [1.54, 1.807) is 0 Å². The molecule has 0 saturated heterocycles. The third kappa shape index (κ3) is 6.81. The second-order valence-corrected chi connectivity index (χ2v) is 16.3. The molecule has 0 fully saturated rings. The maximum Gasteiger partial charge on any atom is 0.411 e. The average Bonchev–Trinajstić information content (AvgIpc) is 2.72. The lowest BCUT2D eigenvalue weighted by molar-refractivity contribution is -0.145. The molecule has 0 unspecified atom stereocenters. The van der Waals surface area contributed by atoms with E-state index in [9.17, 15) is 9.59 Å². The lowest BCUT2D eigenvalue weighted by atomic mass is 10.00. The van der Waals surface area contributed by atoms with Crippen LogP contribution in [0.4, 0.5) is 4.79 Å². The molecule has 0 N–H and O–H groups in total. The van der Waals surface area contributed by atoms with Crippen molar-refractivity contribution in [1.29, 1.82) is 0 Å². The van der Waals surface area contributed by atoms with Gasteiger partial charge in [0.15, 0.2) is 0 Å². The largest absolute Gasteiger partial charge is 0.465 e. The average molecular weight is 466 g/mol. The highest BCUT2D eigenvalue weighted by Gasteiger charge is 2.30. The Kier molecular flexibility index (Phi) is 7.47. The van der Waals surface area contributed by atoms with E-state index < -0.39 is 25.7 Å². The van der Waals surface area contributed by atoms with Crippen molar-refractivity contribution in [3.8, 4) is 0 Å². The van der Waals surface area contributed by atoms with E-state index in [2.05, 4.69) is 50.0 Å². The number of benzene rings is 3. The molecular weight excluding hydrogens is 430 g/mol. The molecule has 0 bridgehead atoms. The second kappa shape index (κ2) is 9.95. The number of fused-ring (bicyclic) bond motifs is 2. The molecule has 0 aliphatic carbocycles. The van der Waals surface area contributed by atoms with Crippen molar-refractivity contribution in [2.24, 2.45) is 0 Å². The van der Waals surface area contributed by atoms with Gasteiger partial charge in [-0.25, -0.2) is 4.79 Å². The van der Waals surface area contributed by atoms with Gasteiger partial charge in [-0.3, -0.25) is 9.69 Å². The predicted octanol–water partition coefficient (Wildman–Crippen LogP) is 6.61. The molecule has 0 atom stereocenters. The zero-order valence-corrected chi connectivity index (χ0v) is 21.6. The summed E-state index contributed by atoms with van der Waals surface area (Å²) in [6, 6.07) is 19.4. The number of nitrogens with zero attached hydrogens (tertiary/aromatic N) is 1. The van der Waals surface area contributed by atoms with Crippen LogP contribution in [-0.2, 0) is 20.9 Å². The summed E-state index contributed by atoms with van der Waals surface area (Å²) >= 11 is 0. The molecule has 0 aromatic heterocycles. The third-order valence-electron chi connectivity index (χ3n) is 5.62. The first kappa shape index (κ1) is 24.8. The van der Waals surface area contributed by atoms with Crippen LogP contribution in [0.5, 0.6) is 0 Å². The van der Waals surface area contributed by atoms with Crippen molar-refractivity contribution in [3.05, 3.63) is 60.2 Å². The van der Waals surface area contributed by atoms with Crippen molar-refractivity contribution in [3.63, 3.8) is 0 Å². The Balaban J connectivity index is 1.71. The Labute approximate surface area is 197 Å². The van der Waals surface area contributed by atoms with Crippen LogP contribution in [0.2, 0.25) is 25.7 Å². The van der Waals surface area contributed by atoms with Crippen LogP contribution < -0.4 is 0 Å². The highest BCUT2D eigenvalue weighted by molar-refractivity contribution is 6.76. The number of amides is 1. The molecule has 33 heavy (non-hydrogen) atoms. The van der Waals surface area contributed by atoms with E-state index in [0.717, 1.165) is 27.8 Å². The summed E-state index contributed by atoms with van der Waals surface area (Å²) in [5.41, 5.74) is 0.349. The monoisotopic (exact) mass is 465 g/mol. The van der Waals surface area contributed by atoms with Gasteiger partial charge in [0, 0.05) is 13.6 Å². The van der Waals surface area contributed by atoms with Gasteiger partial charge in [0.05, 0.1) is 6.61 Å². The van der Waals surface area contributed by atoms with Gasteiger partial charge in [-0.1, -0.05) is 62.1 Å². The van der Waals surface area contributed by atoms with E-state index in [1.165, 1.54) is 10.3 Å². The van der Waals surface area contributed by atoms with Gasteiger partial charge in [0.25, 0.3) is 0 Å². The minimum atomic E-state index is -1.29. The summed E-state index contributed by atoms with van der Waals surface area (Å²) in [5.74, 6) is -0.406. The first-order chi connectivity index (χ1) is 15.4. The van der Waals surface area contributed by atoms with Gasteiger partial charge in [-0.2, -0.15) is 0 Å². The van der Waals surface area contributed by atoms with Crippen molar-refractivity contribution >= 4 is 41.7 Å². The Morgan fingerprint density at radius 2 is 1.52 bits per heavy atom. The fourth-order valence-electron chi connectivity index (χ4n) is 3.60. The molecule has 0 heterocycles. The van der Waals surface area contributed by atoms with E-state index in [0.29, 0.717) is 6.61 Å². The molecule has 1 amide bonds. The summed E-state index contributed by atoms with van der Waals surface area (Å²) in [4.78, 5) is 26.8. The molecule has 6 heteroatoms. The van der Waals surface area contributed by atoms with Crippen molar-refractivity contribution in [2.45, 2.75) is 58.6 Å². The fourth-order valence-corrected chi connectivity index (χ4v) is 4.31. The van der Waals surface area contributed by atoms with Crippen molar-refractivity contribution in [1.82, 2.24) is 4.90 Å². The number of ether oxygens (including phenoxy) is 2. The van der Waals surface area contributed by atoms with E-state index in [4.69, 9.17) is 9.47 Å². The standard InChI is InChI=1S/C27H35NO4Si/c1-27(2,3)28(18-25(29)31-14-15-33(4,5)6)26(30)32-19-23-13-9-12-22-16-20-10-7-8-11-21(20)17-24(22)23/h7-13,16-17H,14-15,18-19H2,1-6H3. The fraction of sp³-hybridized carbons (Fsp3) is 0.407. The van der Waals surface area contributed by atoms with Gasteiger partial charge < -0.3 is 9.47 Å². The Bertz CT molecular complexity index is 1140. The quantitative estimate of drug-likeness (QED) is 0.224. The van der Waals surface area contributed by atoms with Crippen LogP contribution >= 0.6 is 0 Å². The van der Waals surface area contributed by atoms with Gasteiger partial charge in [-0.05, 0) is 66.1 Å². The SMILES string of the molecule is CC(C)(C)N(CC(=O)OCC[Si](C)(C)C)C(=O)OCc1cccc2cc3ccccc3cc12. The lowest BCUT2D eigenvalue weighted by Gasteiger charge is -2.34. The summed E-state index contributed by atoms with van der Waals surface area (Å²) in [6.45, 7) is 12.7. The smallest absolute Gasteiger partial charge is 0.411 e. The number of esters is 1. The van der Waals surface area contributed by atoms with Crippen LogP contribution in [0, 0.1) is 0 Å².